The van der Waals surface area contributed by atoms with Crippen LogP contribution in [-0.4, -0.2) is 32.2 Å². The van der Waals surface area contributed by atoms with Gasteiger partial charge in [0, 0.05) is 37.3 Å². The lowest BCUT2D eigenvalue weighted by Crippen LogP contribution is -2.29. The number of nitrogens with one attached hydrogen (secondary N) is 2. The molecule has 7 heteroatoms. The Hall–Kier alpha value is -2.44. The van der Waals surface area contributed by atoms with Crippen LogP contribution < -0.4 is 10.9 Å². The number of rotatable bonds is 4. The molecule has 2 aromatic rings. The summed E-state index contributed by atoms with van der Waals surface area (Å²) in [5.74, 6) is 0.473. The van der Waals surface area contributed by atoms with E-state index in [0.29, 0.717) is 30.2 Å². The average Bonchev–Trinajstić information content (AvgIpc) is 2.82. The van der Waals surface area contributed by atoms with Crippen molar-refractivity contribution in [3.8, 4) is 0 Å². The van der Waals surface area contributed by atoms with E-state index in [1.165, 1.54) is 6.07 Å². The predicted octanol–water partition coefficient (Wildman–Crippen LogP) is 0.663. The summed E-state index contributed by atoms with van der Waals surface area (Å²) in [5, 5.41) is 7.36. The van der Waals surface area contributed by atoms with Crippen molar-refractivity contribution in [2.75, 3.05) is 6.54 Å². The van der Waals surface area contributed by atoms with Crippen molar-refractivity contribution in [1.82, 2.24) is 25.1 Å². The molecule has 0 radical (unpaired) electrons. The second kappa shape index (κ2) is 6.36. The van der Waals surface area contributed by atoms with Crippen LogP contribution in [-0.2, 0) is 26.3 Å². The highest BCUT2D eigenvalue weighted by atomic mass is 16.2. The van der Waals surface area contributed by atoms with Crippen molar-refractivity contribution in [3.05, 3.63) is 44.9 Å². The number of nitrogens with zero attached hydrogens (tertiary/aromatic N) is 3. The van der Waals surface area contributed by atoms with Gasteiger partial charge in [0.2, 0.25) is 0 Å². The van der Waals surface area contributed by atoms with E-state index in [1.807, 2.05) is 7.05 Å². The zero-order valence-corrected chi connectivity index (χ0v) is 13.5. The molecular formula is C16H21N5O2. The third-order valence-corrected chi connectivity index (χ3v) is 4.10. The molecular weight excluding hydrogens is 294 g/mol. The van der Waals surface area contributed by atoms with Gasteiger partial charge in [0.05, 0.1) is 5.69 Å². The van der Waals surface area contributed by atoms with Crippen LogP contribution in [0.3, 0.4) is 0 Å². The first-order valence-electron chi connectivity index (χ1n) is 7.94. The van der Waals surface area contributed by atoms with Crippen molar-refractivity contribution < 1.29 is 4.79 Å². The molecule has 1 aliphatic carbocycles. The van der Waals surface area contributed by atoms with Crippen molar-refractivity contribution in [2.24, 2.45) is 7.05 Å². The number of fused-ring (bicyclic) bond motifs is 1. The van der Waals surface area contributed by atoms with Crippen LogP contribution in [0.1, 0.15) is 46.1 Å². The van der Waals surface area contributed by atoms with E-state index >= 15 is 0 Å². The first kappa shape index (κ1) is 15.5. The minimum absolute atomic E-state index is 0.113. The SMILES string of the molecule is Cc1cc(=O)[nH]c(CCNC(=O)c2c3c(nn2C)CCCC3)n1. The second-order valence-electron chi connectivity index (χ2n) is 5.94. The summed E-state index contributed by atoms with van der Waals surface area (Å²) in [6.45, 7) is 2.20. The number of H-pyrrole nitrogens is 1. The Morgan fingerprint density at radius 1 is 1.39 bits per heavy atom. The smallest absolute Gasteiger partial charge is 0.269 e. The molecule has 122 valence electrons. The van der Waals surface area contributed by atoms with Gasteiger partial charge < -0.3 is 10.3 Å². The second-order valence-corrected chi connectivity index (χ2v) is 5.94. The van der Waals surface area contributed by atoms with E-state index in [0.717, 1.165) is 36.9 Å². The molecule has 1 amide bonds. The summed E-state index contributed by atoms with van der Waals surface area (Å²) in [5.41, 5.74) is 3.30. The minimum atomic E-state index is -0.167. The van der Waals surface area contributed by atoms with Crippen LogP contribution in [0.2, 0.25) is 0 Å². The standard InChI is InChI=1S/C16H21N5O2/c1-10-9-14(22)19-13(18-10)7-8-17-16(23)15-11-5-3-4-6-12(11)20-21(15)2/h9H,3-8H2,1-2H3,(H,17,23)(H,18,19,22). The molecule has 0 aromatic carbocycles. The van der Waals surface area contributed by atoms with Crippen LogP contribution in [0.5, 0.6) is 0 Å². The monoisotopic (exact) mass is 315 g/mol. The molecule has 0 saturated heterocycles. The summed E-state index contributed by atoms with van der Waals surface area (Å²) in [6.07, 6.45) is 4.59. The molecule has 0 unspecified atom stereocenters. The molecule has 0 spiro atoms. The quantitative estimate of drug-likeness (QED) is 0.867. The van der Waals surface area contributed by atoms with Crippen LogP contribution in [0.15, 0.2) is 10.9 Å². The fraction of sp³-hybridized carbons (Fsp3) is 0.500. The molecule has 2 heterocycles. The van der Waals surface area contributed by atoms with Crippen LogP contribution in [0, 0.1) is 6.92 Å². The van der Waals surface area contributed by atoms with E-state index in [1.54, 1.807) is 11.6 Å². The summed E-state index contributed by atoms with van der Waals surface area (Å²) < 4.78 is 1.68. The molecule has 1 aliphatic rings. The zero-order valence-electron chi connectivity index (χ0n) is 13.5. The van der Waals surface area contributed by atoms with Gasteiger partial charge in [0.1, 0.15) is 11.5 Å². The summed E-state index contributed by atoms with van der Waals surface area (Å²) in [7, 11) is 1.81. The van der Waals surface area contributed by atoms with Gasteiger partial charge in [-0.25, -0.2) is 4.98 Å². The first-order chi connectivity index (χ1) is 11.0. The molecule has 0 bridgehead atoms. The average molecular weight is 315 g/mol. The summed E-state index contributed by atoms with van der Waals surface area (Å²) >= 11 is 0. The number of amides is 1. The van der Waals surface area contributed by atoms with Crippen molar-refractivity contribution >= 4 is 5.91 Å². The normalized spacial score (nSPS) is 13.7. The number of aromatic nitrogens is 4. The van der Waals surface area contributed by atoms with E-state index in [4.69, 9.17) is 0 Å². The first-order valence-corrected chi connectivity index (χ1v) is 7.94. The number of carbonyl (C=O) groups is 1. The van der Waals surface area contributed by atoms with Crippen molar-refractivity contribution in [1.29, 1.82) is 0 Å². The Labute approximate surface area is 134 Å². The molecule has 0 fully saturated rings. The topological polar surface area (TPSA) is 92.7 Å². The van der Waals surface area contributed by atoms with Gasteiger partial charge in [0.25, 0.3) is 11.5 Å². The maximum Gasteiger partial charge on any atom is 0.269 e. The fourth-order valence-electron chi connectivity index (χ4n) is 3.10. The van der Waals surface area contributed by atoms with Crippen LogP contribution >= 0.6 is 0 Å². The van der Waals surface area contributed by atoms with Crippen molar-refractivity contribution in [2.45, 2.75) is 39.0 Å². The predicted molar refractivity (Wildman–Crippen MR) is 85.5 cm³/mol. The van der Waals surface area contributed by atoms with Crippen LogP contribution in [0.25, 0.3) is 0 Å². The van der Waals surface area contributed by atoms with Gasteiger partial charge in [-0.1, -0.05) is 0 Å². The third kappa shape index (κ3) is 3.33. The Kier molecular flexibility index (Phi) is 4.27. The minimum Gasteiger partial charge on any atom is -0.350 e. The van der Waals surface area contributed by atoms with Gasteiger partial charge in [-0.15, -0.1) is 0 Å². The molecule has 0 saturated carbocycles. The number of hydrogen-bond acceptors (Lipinski definition) is 4. The highest BCUT2D eigenvalue weighted by Gasteiger charge is 2.23. The molecule has 0 atom stereocenters. The van der Waals surface area contributed by atoms with E-state index < -0.39 is 0 Å². The molecule has 2 N–H and O–H groups in total. The Morgan fingerprint density at radius 2 is 2.17 bits per heavy atom. The Bertz CT molecular complexity index is 790. The largest absolute Gasteiger partial charge is 0.350 e. The molecule has 3 rings (SSSR count). The van der Waals surface area contributed by atoms with Gasteiger partial charge in [-0.05, 0) is 32.6 Å². The third-order valence-electron chi connectivity index (χ3n) is 4.10. The highest BCUT2D eigenvalue weighted by Crippen LogP contribution is 2.23. The number of carbonyl (C=O) groups excluding carboxylic acids is 1. The maximum absolute atomic E-state index is 12.5. The van der Waals surface area contributed by atoms with Gasteiger partial charge in [-0.3, -0.25) is 14.3 Å². The summed E-state index contributed by atoms with van der Waals surface area (Å²) in [6, 6.07) is 1.45. The van der Waals surface area contributed by atoms with E-state index in [2.05, 4.69) is 20.4 Å². The van der Waals surface area contributed by atoms with Crippen LogP contribution in [0.4, 0.5) is 0 Å². The lowest BCUT2D eigenvalue weighted by molar-refractivity contribution is 0.0943. The lowest BCUT2D eigenvalue weighted by Gasteiger charge is -2.11. The van der Waals surface area contributed by atoms with Crippen molar-refractivity contribution in [3.63, 3.8) is 0 Å². The number of aryl methyl sites for hydroxylation is 3. The molecule has 0 aliphatic heterocycles. The highest BCUT2D eigenvalue weighted by molar-refractivity contribution is 5.94. The van der Waals surface area contributed by atoms with E-state index in [-0.39, 0.29) is 11.5 Å². The number of aromatic amines is 1. The Morgan fingerprint density at radius 3 is 2.96 bits per heavy atom. The summed E-state index contributed by atoms with van der Waals surface area (Å²) in [4.78, 5) is 30.8. The molecule has 7 nitrogen and oxygen atoms in total. The zero-order chi connectivity index (χ0) is 16.4. The lowest BCUT2D eigenvalue weighted by atomic mass is 9.95. The molecule has 23 heavy (non-hydrogen) atoms. The maximum atomic E-state index is 12.5. The van der Waals surface area contributed by atoms with E-state index in [9.17, 15) is 9.59 Å². The fourth-order valence-corrected chi connectivity index (χ4v) is 3.10. The Balaban J connectivity index is 1.66. The van der Waals surface area contributed by atoms with Gasteiger partial charge >= 0.3 is 0 Å². The molecule has 2 aromatic heterocycles. The number of hydrogen-bond donors (Lipinski definition) is 2. The van der Waals surface area contributed by atoms with Gasteiger partial charge in [-0.2, -0.15) is 5.10 Å². The van der Waals surface area contributed by atoms with Gasteiger partial charge in [0.15, 0.2) is 0 Å².